The molecule has 214 valence electrons. The molecule has 0 aromatic heterocycles. The van der Waals surface area contributed by atoms with Crippen LogP contribution in [0.25, 0.3) is 11.1 Å². The van der Waals surface area contributed by atoms with Crippen LogP contribution < -0.4 is 4.74 Å². The third kappa shape index (κ3) is 10.9. The summed E-state index contributed by atoms with van der Waals surface area (Å²) in [5.74, 6) is -0.662. The average Bonchev–Trinajstić information content (AvgIpc) is 2.92. The van der Waals surface area contributed by atoms with Crippen LogP contribution in [0, 0.1) is 0 Å². The summed E-state index contributed by atoms with van der Waals surface area (Å²) in [5.41, 5.74) is 5.62. The summed E-state index contributed by atoms with van der Waals surface area (Å²) < 4.78 is 16.0. The molecule has 0 aliphatic carbocycles. The zero-order chi connectivity index (χ0) is 29.7. The maximum absolute atomic E-state index is 12.1. The van der Waals surface area contributed by atoms with E-state index in [4.69, 9.17) is 14.2 Å². The van der Waals surface area contributed by atoms with E-state index in [0.29, 0.717) is 35.7 Å². The minimum atomic E-state index is -0.449. The number of ether oxygens (including phenoxy) is 3. The van der Waals surface area contributed by atoms with Gasteiger partial charge in [-0.25, -0.2) is 14.4 Å². The van der Waals surface area contributed by atoms with E-state index in [1.807, 2.05) is 24.5 Å². The minimum Gasteiger partial charge on any atom is -0.462 e. The van der Waals surface area contributed by atoms with Gasteiger partial charge >= 0.3 is 17.9 Å². The quantitative estimate of drug-likeness (QED) is 0.0689. The van der Waals surface area contributed by atoms with E-state index in [-0.39, 0.29) is 11.9 Å². The van der Waals surface area contributed by atoms with Crippen LogP contribution >= 0.6 is 11.8 Å². The Hall–Kier alpha value is -3.58. The van der Waals surface area contributed by atoms with Crippen molar-refractivity contribution in [2.45, 2.75) is 64.2 Å². The Morgan fingerprint density at radius 3 is 1.62 bits per heavy atom. The summed E-state index contributed by atoms with van der Waals surface area (Å²) in [7, 11) is 0. The second-order valence-corrected chi connectivity index (χ2v) is 10.7. The lowest BCUT2D eigenvalue weighted by Gasteiger charge is -2.14. The Kier molecular flexibility index (Phi) is 13.5. The van der Waals surface area contributed by atoms with Gasteiger partial charge in [0.05, 0.1) is 18.1 Å². The van der Waals surface area contributed by atoms with Gasteiger partial charge in [-0.05, 0) is 99.9 Å². The second-order valence-electron chi connectivity index (χ2n) is 9.82. The summed E-state index contributed by atoms with van der Waals surface area (Å²) in [4.78, 5) is 36.2. The molecule has 2 aromatic rings. The number of thioether (sulfide) groups is 1. The summed E-state index contributed by atoms with van der Waals surface area (Å²) in [6.45, 7) is 16.5. The van der Waals surface area contributed by atoms with Gasteiger partial charge in [0, 0.05) is 16.7 Å². The van der Waals surface area contributed by atoms with E-state index >= 15 is 0 Å². The minimum absolute atomic E-state index is 0.345. The first-order valence-corrected chi connectivity index (χ1v) is 14.6. The van der Waals surface area contributed by atoms with Crippen LogP contribution in [0.4, 0.5) is 0 Å². The highest BCUT2D eigenvalue weighted by atomic mass is 32.2. The number of hydrogen-bond acceptors (Lipinski definition) is 7. The van der Waals surface area contributed by atoms with E-state index in [9.17, 15) is 14.4 Å². The van der Waals surface area contributed by atoms with Crippen molar-refractivity contribution in [3.05, 3.63) is 84.0 Å². The molecule has 0 spiro atoms. The number of esters is 3. The number of benzene rings is 2. The molecule has 0 saturated heterocycles. The number of rotatable bonds is 16. The summed E-state index contributed by atoms with van der Waals surface area (Å²) >= 11 is 1.51. The Balaban J connectivity index is 2.19. The maximum atomic E-state index is 12.1. The average molecular weight is 565 g/mol. The van der Waals surface area contributed by atoms with Crippen LogP contribution in [0.1, 0.15) is 57.6 Å². The van der Waals surface area contributed by atoms with E-state index in [2.05, 4.69) is 37.9 Å². The van der Waals surface area contributed by atoms with Crippen molar-refractivity contribution in [1.29, 1.82) is 0 Å². The molecule has 0 amide bonds. The second kappa shape index (κ2) is 16.5. The molecular formula is C33H40O6S. The molecule has 0 N–H and O–H groups in total. The van der Waals surface area contributed by atoms with E-state index in [1.54, 1.807) is 20.8 Å². The topological polar surface area (TPSA) is 78.9 Å². The third-order valence-electron chi connectivity index (χ3n) is 5.98. The third-order valence-corrected chi connectivity index (χ3v) is 6.74. The molecule has 0 aliphatic heterocycles. The highest BCUT2D eigenvalue weighted by Crippen LogP contribution is 2.34. The first-order valence-electron chi connectivity index (χ1n) is 13.4. The van der Waals surface area contributed by atoms with Crippen molar-refractivity contribution < 1.29 is 28.6 Å². The van der Waals surface area contributed by atoms with Crippen LogP contribution in [0.2, 0.25) is 0 Å². The number of hydrogen-bond donors (Lipinski definition) is 0. The highest BCUT2D eigenvalue weighted by molar-refractivity contribution is 7.98. The van der Waals surface area contributed by atoms with Crippen LogP contribution in [-0.2, 0) is 36.7 Å². The number of unbranched alkanes of at least 4 members (excludes halogenated alkanes) is 2. The van der Waals surface area contributed by atoms with E-state index < -0.39 is 5.97 Å². The molecule has 6 nitrogen and oxygen atoms in total. The van der Waals surface area contributed by atoms with Crippen LogP contribution in [0.5, 0.6) is 5.75 Å². The lowest BCUT2D eigenvalue weighted by molar-refractivity contribution is -0.139. The summed E-state index contributed by atoms with van der Waals surface area (Å²) in [5, 5.41) is 0. The molecule has 0 aliphatic rings. The van der Waals surface area contributed by atoms with Crippen molar-refractivity contribution in [3.63, 3.8) is 0 Å². The Morgan fingerprint density at radius 2 is 1.18 bits per heavy atom. The molecule has 0 atom stereocenters. The lowest BCUT2D eigenvalue weighted by Crippen LogP contribution is -2.08. The van der Waals surface area contributed by atoms with Gasteiger partial charge < -0.3 is 14.2 Å². The van der Waals surface area contributed by atoms with Gasteiger partial charge in [-0.15, -0.1) is 11.8 Å². The maximum Gasteiger partial charge on any atom is 0.338 e. The predicted molar refractivity (Wildman–Crippen MR) is 162 cm³/mol. The first kappa shape index (κ1) is 32.6. The molecule has 0 saturated carbocycles. The Morgan fingerprint density at radius 1 is 0.675 bits per heavy atom. The largest absolute Gasteiger partial charge is 0.462 e. The highest BCUT2D eigenvalue weighted by Gasteiger charge is 2.13. The number of carbonyl (C=O) groups excluding carboxylic acids is 3. The van der Waals surface area contributed by atoms with Crippen molar-refractivity contribution in [2.75, 3.05) is 19.5 Å². The van der Waals surface area contributed by atoms with Crippen molar-refractivity contribution in [1.82, 2.24) is 0 Å². The zero-order valence-corrected chi connectivity index (χ0v) is 24.9. The van der Waals surface area contributed by atoms with E-state index in [1.165, 1.54) is 22.9 Å². The van der Waals surface area contributed by atoms with Gasteiger partial charge in [-0.2, -0.15) is 0 Å². The fraction of sp³-hybridized carbons (Fsp3) is 0.364. The van der Waals surface area contributed by atoms with Crippen molar-refractivity contribution in [3.8, 4) is 16.9 Å². The van der Waals surface area contributed by atoms with Gasteiger partial charge in [0.2, 0.25) is 0 Å². The Labute approximate surface area is 242 Å². The van der Waals surface area contributed by atoms with Crippen LogP contribution in [-0.4, -0.2) is 37.4 Å². The molecule has 0 bridgehead atoms. The molecule has 2 rings (SSSR count). The molecule has 40 heavy (non-hydrogen) atoms. The Bertz CT molecular complexity index is 1210. The zero-order valence-electron chi connectivity index (χ0n) is 24.1. The van der Waals surface area contributed by atoms with Crippen molar-refractivity contribution in [2.24, 2.45) is 0 Å². The normalized spacial score (nSPS) is 10.5. The van der Waals surface area contributed by atoms with Gasteiger partial charge in [0.15, 0.2) is 0 Å². The SMILES string of the molecule is C=C(C)C(=O)OCCCCc1cc(CCCCOC(=O)C(=C)C)cc(-c2ccc(OC(=O)C(=C)C)c(SC)c2)c1. The molecule has 2 aromatic carbocycles. The lowest BCUT2D eigenvalue weighted by atomic mass is 9.95. The molecule has 0 radical (unpaired) electrons. The first-order chi connectivity index (χ1) is 19.0. The van der Waals surface area contributed by atoms with Gasteiger partial charge in [0.1, 0.15) is 5.75 Å². The fourth-order valence-corrected chi connectivity index (χ4v) is 4.33. The molecule has 0 unspecified atom stereocenters. The number of aryl methyl sites for hydroxylation is 2. The van der Waals surface area contributed by atoms with Gasteiger partial charge in [-0.3, -0.25) is 0 Å². The summed E-state index contributed by atoms with van der Waals surface area (Å²) in [6.07, 6.45) is 6.87. The van der Waals surface area contributed by atoms with Crippen molar-refractivity contribution >= 4 is 29.7 Å². The van der Waals surface area contributed by atoms with Crippen LogP contribution in [0.3, 0.4) is 0 Å². The molecular weight excluding hydrogens is 524 g/mol. The van der Waals surface area contributed by atoms with Gasteiger partial charge in [0.25, 0.3) is 0 Å². The monoisotopic (exact) mass is 564 g/mol. The molecule has 0 fully saturated rings. The molecule has 0 heterocycles. The van der Waals surface area contributed by atoms with E-state index in [0.717, 1.165) is 54.5 Å². The number of carbonyl (C=O) groups is 3. The fourth-order valence-electron chi connectivity index (χ4n) is 3.77. The van der Waals surface area contributed by atoms with Crippen LogP contribution in [0.15, 0.2) is 77.7 Å². The van der Waals surface area contributed by atoms with Gasteiger partial charge in [-0.1, -0.05) is 44.0 Å². The standard InChI is InChI=1S/C33H40O6S/c1-22(2)31(34)37-16-10-8-12-25-18-26(13-9-11-17-38-32(35)23(3)4)20-28(19-25)27-14-15-29(30(21-27)40-7)39-33(36)24(5)6/h14-15,18-21H,1,3,5,8-13,16-17H2,2,4,6-7H3. The smallest absolute Gasteiger partial charge is 0.338 e. The summed E-state index contributed by atoms with van der Waals surface area (Å²) in [6, 6.07) is 12.4. The predicted octanol–water partition coefficient (Wildman–Crippen LogP) is 7.44. The molecule has 7 heteroatoms.